The summed E-state index contributed by atoms with van der Waals surface area (Å²) in [5, 5.41) is 0. The van der Waals surface area contributed by atoms with Gasteiger partial charge in [-0.25, -0.2) is 4.79 Å². The lowest BCUT2D eigenvalue weighted by Gasteiger charge is -2.29. The van der Waals surface area contributed by atoms with Crippen LogP contribution in [-0.4, -0.2) is 48.7 Å². The summed E-state index contributed by atoms with van der Waals surface area (Å²) < 4.78 is 10.5. The molecule has 0 aromatic heterocycles. The molecule has 0 saturated carbocycles. The third kappa shape index (κ3) is 2.66. The van der Waals surface area contributed by atoms with Gasteiger partial charge in [0.25, 0.3) is 0 Å². The number of esters is 1. The van der Waals surface area contributed by atoms with Crippen molar-refractivity contribution in [3.63, 3.8) is 0 Å². The number of rotatable bonds is 2. The Morgan fingerprint density at radius 2 is 1.94 bits per heavy atom. The van der Waals surface area contributed by atoms with Gasteiger partial charge in [-0.15, -0.1) is 0 Å². The van der Waals surface area contributed by atoms with E-state index in [4.69, 9.17) is 9.47 Å². The molecule has 2 aliphatic heterocycles. The third-order valence-corrected chi connectivity index (χ3v) is 3.72. The van der Waals surface area contributed by atoms with Gasteiger partial charge in [0.2, 0.25) is 5.91 Å². The Morgan fingerprint density at radius 3 is 2.44 bits per heavy atom. The number of amides is 1. The maximum absolute atomic E-state index is 12.3. The van der Waals surface area contributed by atoms with E-state index in [0.717, 1.165) is 12.8 Å². The fourth-order valence-corrected chi connectivity index (χ4v) is 2.61. The van der Waals surface area contributed by atoms with Crippen molar-refractivity contribution in [3.8, 4) is 0 Å². The van der Waals surface area contributed by atoms with Crippen molar-refractivity contribution >= 4 is 11.9 Å². The van der Waals surface area contributed by atoms with Crippen molar-refractivity contribution in [3.05, 3.63) is 0 Å². The second kappa shape index (κ2) is 4.88. The maximum Gasteiger partial charge on any atom is 0.329 e. The molecule has 1 unspecified atom stereocenters. The Kier molecular flexibility index (Phi) is 3.61. The van der Waals surface area contributed by atoms with Crippen LogP contribution in [0.3, 0.4) is 0 Å². The molecule has 0 aliphatic carbocycles. The lowest BCUT2D eigenvalue weighted by molar-refractivity contribution is -0.153. The van der Waals surface area contributed by atoms with E-state index in [1.807, 2.05) is 13.8 Å². The molecule has 0 N–H and O–H groups in total. The predicted octanol–water partition coefficient (Wildman–Crippen LogP) is 0.966. The summed E-state index contributed by atoms with van der Waals surface area (Å²) in [6, 6.07) is -0.435. The number of carbonyl (C=O) groups is 2. The lowest BCUT2D eigenvalue weighted by Crippen LogP contribution is -2.44. The summed E-state index contributed by atoms with van der Waals surface area (Å²) in [6.07, 6.45) is 2.06. The van der Waals surface area contributed by atoms with E-state index < -0.39 is 11.6 Å². The summed E-state index contributed by atoms with van der Waals surface area (Å²) >= 11 is 0. The molecule has 2 heterocycles. The van der Waals surface area contributed by atoms with Crippen molar-refractivity contribution < 1.29 is 19.1 Å². The van der Waals surface area contributed by atoms with Crippen LogP contribution in [0.2, 0.25) is 0 Å². The van der Waals surface area contributed by atoms with Crippen LogP contribution in [0.4, 0.5) is 0 Å². The fraction of sp³-hybridized carbons (Fsp3) is 0.846. The van der Waals surface area contributed by atoms with E-state index in [1.165, 1.54) is 0 Å². The first kappa shape index (κ1) is 13.3. The minimum absolute atomic E-state index is 0.0136. The van der Waals surface area contributed by atoms with Crippen LogP contribution in [0.5, 0.6) is 0 Å². The van der Waals surface area contributed by atoms with Gasteiger partial charge in [0.15, 0.2) is 0 Å². The second-order valence-electron chi connectivity index (χ2n) is 5.74. The van der Waals surface area contributed by atoms with Crippen molar-refractivity contribution in [2.24, 2.45) is 5.92 Å². The molecule has 102 valence electrons. The molecule has 0 spiro atoms. The van der Waals surface area contributed by atoms with Crippen LogP contribution in [0.25, 0.3) is 0 Å². The Labute approximate surface area is 107 Å². The Hall–Kier alpha value is -1.10. The largest absolute Gasteiger partial charge is 0.458 e. The van der Waals surface area contributed by atoms with Crippen LogP contribution in [0.15, 0.2) is 0 Å². The summed E-state index contributed by atoms with van der Waals surface area (Å²) in [7, 11) is 1.70. The van der Waals surface area contributed by atoms with E-state index in [0.29, 0.717) is 19.6 Å². The maximum atomic E-state index is 12.3. The summed E-state index contributed by atoms with van der Waals surface area (Å²) in [6.45, 7) is 5.00. The van der Waals surface area contributed by atoms with Gasteiger partial charge in [0.1, 0.15) is 11.6 Å². The average Bonchev–Trinajstić information content (AvgIpc) is 2.62. The van der Waals surface area contributed by atoms with Gasteiger partial charge < -0.3 is 14.4 Å². The zero-order valence-corrected chi connectivity index (χ0v) is 11.3. The molecule has 0 aromatic carbocycles. The van der Waals surface area contributed by atoms with E-state index in [1.54, 1.807) is 11.9 Å². The number of cyclic esters (lactones) is 1. The number of likely N-dealkylation sites (N-methyl/N-ethyl adjacent to an activating group) is 1. The molecule has 18 heavy (non-hydrogen) atoms. The number of carbonyl (C=O) groups excluding carboxylic acids is 2. The zero-order valence-electron chi connectivity index (χ0n) is 11.3. The van der Waals surface area contributed by atoms with Crippen LogP contribution < -0.4 is 0 Å². The first-order chi connectivity index (χ1) is 8.41. The molecule has 0 radical (unpaired) electrons. The Morgan fingerprint density at radius 1 is 1.33 bits per heavy atom. The van der Waals surface area contributed by atoms with Crippen LogP contribution in [0, 0.1) is 5.92 Å². The predicted molar refractivity (Wildman–Crippen MR) is 64.9 cm³/mol. The summed E-state index contributed by atoms with van der Waals surface area (Å²) in [5.74, 6) is -0.263. The molecular formula is C13H21NO4. The summed E-state index contributed by atoms with van der Waals surface area (Å²) in [4.78, 5) is 25.6. The minimum Gasteiger partial charge on any atom is -0.458 e. The highest BCUT2D eigenvalue weighted by molar-refractivity contribution is 5.87. The zero-order chi connectivity index (χ0) is 13.3. The SMILES string of the molecule is CN(C(=O)C1CCOCC1)C1CC(C)(C)OC1=O. The first-order valence-corrected chi connectivity index (χ1v) is 6.48. The molecule has 1 amide bonds. The number of hydrogen-bond donors (Lipinski definition) is 0. The highest BCUT2D eigenvalue weighted by Crippen LogP contribution is 2.30. The molecule has 2 aliphatic rings. The van der Waals surface area contributed by atoms with E-state index >= 15 is 0 Å². The molecule has 0 aromatic rings. The molecule has 2 saturated heterocycles. The van der Waals surface area contributed by atoms with Gasteiger partial charge in [-0.3, -0.25) is 4.79 Å². The standard InChI is InChI=1S/C13H21NO4/c1-13(2)8-10(12(16)18-13)14(3)11(15)9-4-6-17-7-5-9/h9-10H,4-8H2,1-3H3. The van der Waals surface area contributed by atoms with Crippen LogP contribution in [0.1, 0.15) is 33.1 Å². The molecule has 1 atom stereocenters. The smallest absolute Gasteiger partial charge is 0.329 e. The van der Waals surface area contributed by atoms with Gasteiger partial charge >= 0.3 is 5.97 Å². The number of hydrogen-bond acceptors (Lipinski definition) is 4. The Bertz CT molecular complexity index is 347. The fourth-order valence-electron chi connectivity index (χ4n) is 2.61. The van der Waals surface area contributed by atoms with Crippen molar-refractivity contribution in [1.29, 1.82) is 0 Å². The third-order valence-electron chi connectivity index (χ3n) is 3.72. The van der Waals surface area contributed by atoms with Gasteiger partial charge in [0.05, 0.1) is 0 Å². The van der Waals surface area contributed by atoms with E-state index in [-0.39, 0.29) is 17.8 Å². The van der Waals surface area contributed by atoms with Crippen LogP contribution in [-0.2, 0) is 19.1 Å². The minimum atomic E-state index is -0.466. The van der Waals surface area contributed by atoms with Gasteiger partial charge in [0, 0.05) is 32.6 Å². The topological polar surface area (TPSA) is 55.8 Å². The second-order valence-corrected chi connectivity index (χ2v) is 5.74. The van der Waals surface area contributed by atoms with Crippen molar-refractivity contribution in [2.45, 2.75) is 44.8 Å². The molecular weight excluding hydrogens is 234 g/mol. The molecule has 0 bridgehead atoms. The number of ether oxygens (including phenoxy) is 2. The van der Waals surface area contributed by atoms with Gasteiger partial charge in [-0.2, -0.15) is 0 Å². The van der Waals surface area contributed by atoms with E-state index in [9.17, 15) is 9.59 Å². The lowest BCUT2D eigenvalue weighted by atomic mass is 9.96. The highest BCUT2D eigenvalue weighted by Gasteiger charge is 2.44. The van der Waals surface area contributed by atoms with Crippen molar-refractivity contribution in [1.82, 2.24) is 4.90 Å². The van der Waals surface area contributed by atoms with Crippen molar-refractivity contribution in [2.75, 3.05) is 20.3 Å². The normalized spacial score (nSPS) is 27.9. The molecule has 5 heteroatoms. The van der Waals surface area contributed by atoms with Crippen LogP contribution >= 0.6 is 0 Å². The number of nitrogens with zero attached hydrogens (tertiary/aromatic N) is 1. The monoisotopic (exact) mass is 255 g/mol. The average molecular weight is 255 g/mol. The van der Waals surface area contributed by atoms with Gasteiger partial charge in [-0.1, -0.05) is 0 Å². The molecule has 2 rings (SSSR count). The first-order valence-electron chi connectivity index (χ1n) is 6.48. The Balaban J connectivity index is 2.00. The van der Waals surface area contributed by atoms with Gasteiger partial charge in [-0.05, 0) is 26.7 Å². The van der Waals surface area contributed by atoms with E-state index in [2.05, 4.69) is 0 Å². The summed E-state index contributed by atoms with van der Waals surface area (Å²) in [5.41, 5.74) is -0.466. The molecule has 5 nitrogen and oxygen atoms in total. The quantitative estimate of drug-likeness (QED) is 0.690. The highest BCUT2D eigenvalue weighted by atomic mass is 16.6. The molecule has 2 fully saturated rings.